The van der Waals surface area contributed by atoms with E-state index in [2.05, 4.69) is 89.0 Å². The Kier molecular flexibility index (Phi) is 11.7. The van der Waals surface area contributed by atoms with Crippen molar-refractivity contribution in [1.29, 1.82) is 0 Å². The Morgan fingerprint density at radius 2 is 2.10 bits per heavy atom. The van der Waals surface area contributed by atoms with Gasteiger partial charge in [-0.25, -0.2) is 0 Å². The second-order valence-electron chi connectivity index (χ2n) is 7.41. The molecule has 0 amide bonds. The molecule has 1 N–H and O–H groups in total. The first kappa shape index (κ1) is 25.8. The molecule has 0 aliphatic carbocycles. The zero-order valence-electron chi connectivity index (χ0n) is 18.6. The lowest BCUT2D eigenvalue weighted by Gasteiger charge is -2.22. The summed E-state index contributed by atoms with van der Waals surface area (Å²) in [6, 6.07) is 4.22. The third-order valence-corrected chi connectivity index (χ3v) is 5.16. The Hall–Kier alpha value is -1.23. The van der Waals surface area contributed by atoms with Gasteiger partial charge in [0, 0.05) is 52.0 Å². The molecule has 0 fully saturated rings. The molecule has 0 radical (unpaired) electrons. The van der Waals surface area contributed by atoms with Gasteiger partial charge in [-0.1, -0.05) is 25.6 Å². The third kappa shape index (κ3) is 7.84. The summed E-state index contributed by atoms with van der Waals surface area (Å²) in [6.45, 7) is 9.97. The van der Waals surface area contributed by atoms with Gasteiger partial charge in [0.1, 0.15) is 5.82 Å². The number of aliphatic imine (C=N–C) groups is 1. The molecule has 0 saturated heterocycles. The van der Waals surface area contributed by atoms with Crippen LogP contribution in [0.2, 0.25) is 0 Å². The van der Waals surface area contributed by atoms with Crippen LogP contribution in [0.3, 0.4) is 0 Å². The molecule has 0 aliphatic rings. The number of guanidine groups is 1. The molecule has 0 spiro atoms. The van der Waals surface area contributed by atoms with Gasteiger partial charge in [-0.2, -0.15) is 0 Å². The van der Waals surface area contributed by atoms with E-state index >= 15 is 0 Å². The lowest BCUT2D eigenvalue weighted by molar-refractivity contribution is 0.460. The van der Waals surface area contributed by atoms with Crippen LogP contribution in [0.25, 0.3) is 0 Å². The molecule has 0 bridgehead atoms. The second-order valence-corrected chi connectivity index (χ2v) is 8.19. The predicted molar refractivity (Wildman–Crippen MR) is 133 cm³/mol. The lowest BCUT2D eigenvalue weighted by atomic mass is 10.2. The van der Waals surface area contributed by atoms with E-state index in [1.807, 2.05) is 0 Å². The molecule has 2 heterocycles. The van der Waals surface area contributed by atoms with Crippen LogP contribution in [0.15, 0.2) is 28.5 Å². The molecule has 0 aromatic carbocycles. The molecule has 2 aromatic rings. The second kappa shape index (κ2) is 13.1. The number of rotatable bonds is 10. The SMILES string of the molecule is CCNC(=NCCCc1nnc(SC)n1CC(C)C)N(C)Cc1cccn1C.I. The molecule has 29 heavy (non-hydrogen) atoms. The van der Waals surface area contributed by atoms with Gasteiger partial charge in [0.2, 0.25) is 0 Å². The molecule has 0 aliphatic heterocycles. The van der Waals surface area contributed by atoms with Crippen molar-refractivity contribution in [3.8, 4) is 0 Å². The van der Waals surface area contributed by atoms with Crippen LogP contribution < -0.4 is 5.32 Å². The van der Waals surface area contributed by atoms with Crippen LogP contribution >= 0.6 is 35.7 Å². The van der Waals surface area contributed by atoms with E-state index in [0.29, 0.717) is 5.92 Å². The Labute approximate surface area is 196 Å². The molecule has 7 nitrogen and oxygen atoms in total. The van der Waals surface area contributed by atoms with Crippen LogP contribution in [0.1, 0.15) is 38.7 Å². The number of thioether (sulfide) groups is 1. The first-order valence-corrected chi connectivity index (χ1v) is 11.2. The Morgan fingerprint density at radius 1 is 1.34 bits per heavy atom. The number of halogens is 1. The molecule has 9 heteroatoms. The van der Waals surface area contributed by atoms with Crippen molar-refractivity contribution in [3.63, 3.8) is 0 Å². The minimum atomic E-state index is 0. The largest absolute Gasteiger partial charge is 0.357 e. The maximum absolute atomic E-state index is 4.82. The third-order valence-electron chi connectivity index (χ3n) is 4.49. The first-order valence-electron chi connectivity index (χ1n) is 10.0. The maximum Gasteiger partial charge on any atom is 0.194 e. The average molecular weight is 534 g/mol. The highest BCUT2D eigenvalue weighted by Crippen LogP contribution is 2.16. The van der Waals surface area contributed by atoms with Crippen LogP contribution in [-0.4, -0.2) is 56.6 Å². The van der Waals surface area contributed by atoms with Crippen LogP contribution in [0.4, 0.5) is 0 Å². The molecule has 2 rings (SSSR count). The van der Waals surface area contributed by atoms with Crippen molar-refractivity contribution in [3.05, 3.63) is 29.8 Å². The van der Waals surface area contributed by atoms with E-state index in [0.717, 1.165) is 56.0 Å². The van der Waals surface area contributed by atoms with E-state index in [4.69, 9.17) is 4.99 Å². The van der Waals surface area contributed by atoms with Gasteiger partial charge in [-0.3, -0.25) is 4.99 Å². The Balaban J connectivity index is 0.00000420. The van der Waals surface area contributed by atoms with Crippen LogP contribution in [0, 0.1) is 5.92 Å². The van der Waals surface area contributed by atoms with Crippen LogP contribution in [-0.2, 0) is 26.6 Å². The average Bonchev–Trinajstić information content (AvgIpc) is 3.23. The summed E-state index contributed by atoms with van der Waals surface area (Å²) in [5, 5.41) is 13.1. The normalized spacial score (nSPS) is 11.6. The predicted octanol–water partition coefficient (Wildman–Crippen LogP) is 3.64. The van der Waals surface area contributed by atoms with E-state index < -0.39 is 0 Å². The maximum atomic E-state index is 4.82. The van der Waals surface area contributed by atoms with E-state index in [-0.39, 0.29) is 24.0 Å². The Bertz CT molecular complexity index is 754. The molecule has 0 atom stereocenters. The summed E-state index contributed by atoms with van der Waals surface area (Å²) in [4.78, 5) is 6.99. The van der Waals surface area contributed by atoms with Gasteiger partial charge in [0.05, 0.1) is 6.54 Å². The van der Waals surface area contributed by atoms with Crippen molar-refractivity contribution in [2.24, 2.45) is 18.0 Å². The minimum Gasteiger partial charge on any atom is -0.357 e. The topological polar surface area (TPSA) is 63.3 Å². The molecule has 164 valence electrons. The zero-order chi connectivity index (χ0) is 20.5. The van der Waals surface area contributed by atoms with Gasteiger partial charge < -0.3 is 19.4 Å². The Morgan fingerprint density at radius 3 is 2.69 bits per heavy atom. The van der Waals surface area contributed by atoms with Crippen LogP contribution in [0.5, 0.6) is 0 Å². The van der Waals surface area contributed by atoms with Gasteiger partial charge in [0.15, 0.2) is 11.1 Å². The van der Waals surface area contributed by atoms with Crippen molar-refractivity contribution in [2.75, 3.05) is 26.4 Å². The summed E-state index contributed by atoms with van der Waals surface area (Å²) >= 11 is 1.66. The van der Waals surface area contributed by atoms with Gasteiger partial charge in [-0.05, 0) is 37.7 Å². The number of hydrogen-bond donors (Lipinski definition) is 1. The van der Waals surface area contributed by atoms with Gasteiger partial charge >= 0.3 is 0 Å². The molecular weight excluding hydrogens is 497 g/mol. The zero-order valence-corrected chi connectivity index (χ0v) is 21.7. The smallest absolute Gasteiger partial charge is 0.194 e. The summed E-state index contributed by atoms with van der Waals surface area (Å²) in [7, 11) is 4.15. The summed E-state index contributed by atoms with van der Waals surface area (Å²) in [5.41, 5.74) is 1.26. The standard InChI is InChI=1S/C20H35N7S.HI/c1-7-21-19(26(5)15-17-10-9-13-25(17)4)22-12-8-11-18-23-24-20(28-6)27(18)14-16(2)3;/h9-10,13,16H,7-8,11-12,14-15H2,1-6H3,(H,21,22);1H. The number of nitrogens with one attached hydrogen (secondary N) is 1. The molecular formula is C20H36IN7S. The summed E-state index contributed by atoms with van der Waals surface area (Å²) in [6.07, 6.45) is 5.98. The fourth-order valence-corrected chi connectivity index (χ4v) is 3.60. The first-order chi connectivity index (χ1) is 13.5. The summed E-state index contributed by atoms with van der Waals surface area (Å²) in [5.74, 6) is 2.58. The molecule has 0 saturated carbocycles. The van der Waals surface area contributed by atoms with Gasteiger partial charge in [0.25, 0.3) is 0 Å². The van der Waals surface area contributed by atoms with Crippen molar-refractivity contribution in [1.82, 2.24) is 29.5 Å². The van der Waals surface area contributed by atoms with Gasteiger partial charge in [-0.15, -0.1) is 34.2 Å². The number of aryl methyl sites for hydroxylation is 2. The highest BCUT2D eigenvalue weighted by Gasteiger charge is 2.13. The highest BCUT2D eigenvalue weighted by molar-refractivity contribution is 14.0. The summed E-state index contributed by atoms with van der Waals surface area (Å²) < 4.78 is 4.40. The van der Waals surface area contributed by atoms with Crippen molar-refractivity contribution in [2.45, 2.75) is 51.9 Å². The number of aromatic nitrogens is 4. The lowest BCUT2D eigenvalue weighted by Crippen LogP contribution is -2.38. The number of nitrogens with zero attached hydrogens (tertiary/aromatic N) is 6. The molecule has 2 aromatic heterocycles. The fourth-order valence-electron chi connectivity index (χ4n) is 3.07. The quantitative estimate of drug-likeness (QED) is 0.166. The fraction of sp³-hybridized carbons (Fsp3) is 0.650. The minimum absolute atomic E-state index is 0. The van der Waals surface area contributed by atoms with Crippen molar-refractivity contribution < 1.29 is 0 Å². The van der Waals surface area contributed by atoms with E-state index in [1.54, 1.807) is 11.8 Å². The van der Waals surface area contributed by atoms with Crippen molar-refractivity contribution >= 4 is 41.7 Å². The highest BCUT2D eigenvalue weighted by atomic mass is 127. The van der Waals surface area contributed by atoms with E-state index in [1.165, 1.54) is 5.69 Å². The number of hydrogen-bond acceptors (Lipinski definition) is 4. The molecule has 0 unspecified atom stereocenters. The van der Waals surface area contributed by atoms with E-state index in [9.17, 15) is 0 Å². The monoisotopic (exact) mass is 533 g/mol.